The van der Waals surface area contributed by atoms with E-state index >= 15 is 0 Å². The monoisotopic (exact) mass is 250 g/mol. The lowest BCUT2D eigenvalue weighted by molar-refractivity contribution is 0.155. The number of halogens is 1. The van der Waals surface area contributed by atoms with Crippen LogP contribution in [-0.4, -0.2) is 19.3 Å². The Morgan fingerprint density at radius 3 is 2.88 bits per heavy atom. The third-order valence-electron chi connectivity index (χ3n) is 3.04. The fourth-order valence-corrected chi connectivity index (χ4v) is 2.23. The summed E-state index contributed by atoms with van der Waals surface area (Å²) in [5.41, 5.74) is 0.238. The van der Waals surface area contributed by atoms with Crippen molar-refractivity contribution in [1.82, 2.24) is 0 Å². The van der Waals surface area contributed by atoms with Crippen LogP contribution in [0.3, 0.4) is 0 Å². The van der Waals surface area contributed by atoms with Crippen LogP contribution < -0.4 is 5.32 Å². The second kappa shape index (κ2) is 4.95. The van der Waals surface area contributed by atoms with Crippen molar-refractivity contribution < 1.29 is 4.74 Å². The number of hydrogen-bond acceptors (Lipinski definition) is 3. The highest BCUT2D eigenvalue weighted by Crippen LogP contribution is 2.41. The quantitative estimate of drug-likeness (QED) is 0.874. The minimum absolute atomic E-state index is 0.367. The van der Waals surface area contributed by atoms with Gasteiger partial charge in [0.25, 0.3) is 0 Å². The fourth-order valence-electron chi connectivity index (χ4n) is 2.04. The van der Waals surface area contributed by atoms with E-state index in [0.29, 0.717) is 17.5 Å². The summed E-state index contributed by atoms with van der Waals surface area (Å²) in [6, 6.07) is 9.79. The van der Waals surface area contributed by atoms with Gasteiger partial charge in [0.2, 0.25) is 0 Å². The molecule has 0 aliphatic heterocycles. The van der Waals surface area contributed by atoms with Gasteiger partial charge in [-0.1, -0.05) is 17.7 Å². The van der Waals surface area contributed by atoms with E-state index in [-0.39, 0.29) is 0 Å². The van der Waals surface area contributed by atoms with Crippen molar-refractivity contribution >= 4 is 17.3 Å². The highest BCUT2D eigenvalue weighted by Gasteiger charge is 2.46. The maximum absolute atomic E-state index is 9.42. The molecule has 0 bridgehead atoms. The van der Waals surface area contributed by atoms with E-state index < -0.39 is 5.54 Å². The fraction of sp³-hybridized carbons (Fsp3) is 0.462. The first-order valence-corrected chi connectivity index (χ1v) is 6.02. The molecule has 4 heteroatoms. The molecule has 1 N–H and O–H groups in total. The molecule has 0 radical (unpaired) electrons. The summed E-state index contributed by atoms with van der Waals surface area (Å²) in [5, 5.41) is 13.4. The van der Waals surface area contributed by atoms with Crippen LogP contribution >= 0.6 is 11.6 Å². The van der Waals surface area contributed by atoms with Gasteiger partial charge in [-0.2, -0.15) is 5.26 Å². The molecule has 1 saturated carbocycles. The molecule has 0 aromatic heterocycles. The summed E-state index contributed by atoms with van der Waals surface area (Å²) >= 11 is 5.93. The molecule has 0 saturated heterocycles. The Hall–Kier alpha value is -1.24. The lowest BCUT2D eigenvalue weighted by Gasteiger charge is -2.28. The predicted octanol–water partition coefficient (Wildman–Crippen LogP) is 3.07. The van der Waals surface area contributed by atoms with Crippen LogP contribution in [0.4, 0.5) is 5.69 Å². The van der Waals surface area contributed by atoms with Gasteiger partial charge in [-0.15, -0.1) is 0 Å². The van der Waals surface area contributed by atoms with Crippen molar-refractivity contribution in [2.75, 3.05) is 19.0 Å². The molecule has 0 spiro atoms. The molecule has 0 amide bonds. The number of nitriles is 1. The zero-order chi connectivity index (χ0) is 12.3. The van der Waals surface area contributed by atoms with E-state index in [4.69, 9.17) is 16.3 Å². The number of nitrogens with one attached hydrogen (secondary N) is 1. The molecule has 1 unspecified atom stereocenters. The lowest BCUT2D eigenvalue weighted by atomic mass is 9.95. The summed E-state index contributed by atoms with van der Waals surface area (Å²) in [6.07, 6.45) is 2.15. The molecule has 1 aliphatic rings. The smallest absolute Gasteiger partial charge is 0.151 e. The summed E-state index contributed by atoms with van der Waals surface area (Å²) in [4.78, 5) is 0. The number of ether oxygens (including phenoxy) is 1. The Bertz CT molecular complexity index is 439. The van der Waals surface area contributed by atoms with Gasteiger partial charge in [-0.3, -0.25) is 0 Å². The summed E-state index contributed by atoms with van der Waals surface area (Å²) < 4.78 is 5.18. The normalized spacial score (nSPS) is 18.2. The zero-order valence-electron chi connectivity index (χ0n) is 9.74. The van der Waals surface area contributed by atoms with Gasteiger partial charge in [-0.05, 0) is 37.0 Å². The molecule has 1 aromatic carbocycles. The topological polar surface area (TPSA) is 45.0 Å². The van der Waals surface area contributed by atoms with Gasteiger partial charge in [0, 0.05) is 17.8 Å². The van der Waals surface area contributed by atoms with Gasteiger partial charge in [0.05, 0.1) is 12.7 Å². The third-order valence-corrected chi connectivity index (χ3v) is 3.27. The van der Waals surface area contributed by atoms with E-state index in [9.17, 15) is 5.26 Å². The third kappa shape index (κ3) is 2.71. The number of benzene rings is 1. The summed E-state index contributed by atoms with van der Waals surface area (Å²) in [7, 11) is 1.62. The predicted molar refractivity (Wildman–Crippen MR) is 68.0 cm³/mol. The van der Waals surface area contributed by atoms with E-state index in [1.165, 1.54) is 0 Å². The second-order valence-corrected chi connectivity index (χ2v) is 4.86. The van der Waals surface area contributed by atoms with Crippen LogP contribution in [0.25, 0.3) is 0 Å². The average molecular weight is 251 g/mol. The Kier molecular flexibility index (Phi) is 3.56. The second-order valence-electron chi connectivity index (χ2n) is 4.43. The van der Waals surface area contributed by atoms with Gasteiger partial charge in [0.15, 0.2) is 5.54 Å². The van der Waals surface area contributed by atoms with Gasteiger partial charge < -0.3 is 10.1 Å². The molecular formula is C13H15ClN2O. The van der Waals surface area contributed by atoms with Crippen molar-refractivity contribution in [1.29, 1.82) is 5.26 Å². The minimum atomic E-state index is -0.626. The van der Waals surface area contributed by atoms with Crippen LogP contribution in [0.15, 0.2) is 24.3 Å². The largest absolute Gasteiger partial charge is 0.381 e. The Balaban J connectivity index is 2.20. The van der Waals surface area contributed by atoms with Crippen LogP contribution in [0.1, 0.15) is 12.8 Å². The molecule has 0 heterocycles. The van der Waals surface area contributed by atoms with Gasteiger partial charge >= 0.3 is 0 Å². The van der Waals surface area contributed by atoms with E-state index in [1.54, 1.807) is 7.11 Å². The van der Waals surface area contributed by atoms with Crippen molar-refractivity contribution in [3.63, 3.8) is 0 Å². The molecule has 17 heavy (non-hydrogen) atoms. The maximum atomic E-state index is 9.42. The van der Waals surface area contributed by atoms with Crippen LogP contribution in [0.5, 0.6) is 0 Å². The molecule has 1 fully saturated rings. The van der Waals surface area contributed by atoms with Crippen molar-refractivity contribution in [3.05, 3.63) is 29.3 Å². The first kappa shape index (κ1) is 12.2. The minimum Gasteiger partial charge on any atom is -0.381 e. The molecular weight excluding hydrogens is 236 g/mol. The zero-order valence-corrected chi connectivity index (χ0v) is 10.5. The Labute approximate surface area is 106 Å². The number of rotatable bonds is 5. The molecule has 1 aliphatic carbocycles. The number of anilines is 1. The van der Waals surface area contributed by atoms with E-state index in [0.717, 1.165) is 18.5 Å². The summed E-state index contributed by atoms with van der Waals surface area (Å²) in [5.74, 6) is 0.367. The number of methoxy groups -OCH3 is 1. The van der Waals surface area contributed by atoms with Gasteiger partial charge in [0.1, 0.15) is 0 Å². The number of hydrogen-bond donors (Lipinski definition) is 1. The molecule has 1 atom stereocenters. The average Bonchev–Trinajstić information content (AvgIpc) is 3.12. The standard InChI is InChI=1S/C13H15ClN2O/c1-17-9-13(8-15,10-5-6-10)16-12-4-2-3-11(14)7-12/h2-4,7,10,16H,5-6,9H2,1H3. The molecule has 3 nitrogen and oxygen atoms in total. The molecule has 2 rings (SSSR count). The number of nitrogens with zero attached hydrogens (tertiary/aromatic N) is 1. The Morgan fingerprint density at radius 1 is 1.59 bits per heavy atom. The van der Waals surface area contributed by atoms with Crippen molar-refractivity contribution in [3.8, 4) is 6.07 Å². The SMILES string of the molecule is COCC(C#N)(Nc1cccc(Cl)c1)C1CC1. The first-order chi connectivity index (χ1) is 8.20. The maximum Gasteiger partial charge on any atom is 0.151 e. The first-order valence-electron chi connectivity index (χ1n) is 5.64. The Morgan fingerprint density at radius 2 is 2.35 bits per heavy atom. The highest BCUT2D eigenvalue weighted by molar-refractivity contribution is 6.30. The molecule has 90 valence electrons. The van der Waals surface area contributed by atoms with Crippen LogP contribution in [-0.2, 0) is 4.74 Å². The lowest BCUT2D eigenvalue weighted by Crippen LogP contribution is -2.43. The summed E-state index contributed by atoms with van der Waals surface area (Å²) in [6.45, 7) is 0.390. The highest BCUT2D eigenvalue weighted by atomic mass is 35.5. The van der Waals surface area contributed by atoms with Crippen molar-refractivity contribution in [2.45, 2.75) is 18.4 Å². The van der Waals surface area contributed by atoms with Gasteiger partial charge in [-0.25, -0.2) is 0 Å². The van der Waals surface area contributed by atoms with Crippen LogP contribution in [0.2, 0.25) is 5.02 Å². The van der Waals surface area contributed by atoms with E-state index in [1.807, 2.05) is 24.3 Å². The van der Waals surface area contributed by atoms with Crippen LogP contribution in [0, 0.1) is 17.2 Å². The van der Waals surface area contributed by atoms with Crippen molar-refractivity contribution in [2.24, 2.45) is 5.92 Å². The van der Waals surface area contributed by atoms with E-state index in [2.05, 4.69) is 11.4 Å². The molecule has 1 aromatic rings.